The molecule has 1 aliphatic carbocycles. The normalized spacial score (nSPS) is 14.3. The number of hydrogen-bond acceptors (Lipinski definition) is 4. The Bertz CT molecular complexity index is 1230. The molecule has 1 saturated carbocycles. The molecule has 2 aromatic carbocycles. The molecule has 2 aromatic heterocycles. The summed E-state index contributed by atoms with van der Waals surface area (Å²) in [6.07, 6.45) is 6.64. The Labute approximate surface area is 174 Å². The summed E-state index contributed by atoms with van der Waals surface area (Å²) in [6, 6.07) is 17.3. The maximum Gasteiger partial charge on any atom is 0.332 e. The molecule has 0 saturated heterocycles. The zero-order chi connectivity index (χ0) is 20.5. The molecule has 30 heavy (non-hydrogen) atoms. The number of fused-ring (bicyclic) bond motifs is 1. The Balaban J connectivity index is 1.48. The second-order valence-electron chi connectivity index (χ2n) is 7.58. The minimum atomic E-state index is -0.201. The van der Waals surface area contributed by atoms with E-state index in [1.807, 2.05) is 54.6 Å². The van der Waals surface area contributed by atoms with E-state index in [9.17, 15) is 4.79 Å². The van der Waals surface area contributed by atoms with Crippen LogP contribution in [0.25, 0.3) is 28.0 Å². The molecule has 4 aromatic rings. The van der Waals surface area contributed by atoms with Gasteiger partial charge in [-0.25, -0.2) is 14.3 Å². The van der Waals surface area contributed by atoms with Crippen LogP contribution in [-0.2, 0) is 0 Å². The van der Waals surface area contributed by atoms with Crippen LogP contribution < -0.4 is 15.2 Å². The predicted octanol–water partition coefficient (Wildman–Crippen LogP) is 4.71. The van der Waals surface area contributed by atoms with Crippen LogP contribution in [0.4, 0.5) is 0 Å². The molecule has 0 atom stereocenters. The molecule has 152 valence electrons. The number of rotatable bonds is 5. The monoisotopic (exact) mass is 401 g/mol. The molecular weight excluding hydrogens is 378 g/mol. The van der Waals surface area contributed by atoms with Gasteiger partial charge in [-0.1, -0.05) is 18.2 Å². The van der Waals surface area contributed by atoms with E-state index in [4.69, 9.17) is 9.47 Å². The fourth-order valence-corrected chi connectivity index (χ4v) is 4.11. The molecule has 6 nitrogen and oxygen atoms in total. The fraction of sp³-hybridized carbons (Fsp3) is 0.250. The molecule has 0 bridgehead atoms. The van der Waals surface area contributed by atoms with Crippen LogP contribution in [0, 0.1) is 0 Å². The van der Waals surface area contributed by atoms with Crippen molar-refractivity contribution in [2.24, 2.45) is 0 Å². The number of nitrogens with one attached hydrogen (secondary N) is 1. The highest BCUT2D eigenvalue weighted by Gasteiger charge is 2.19. The third-order valence-corrected chi connectivity index (χ3v) is 5.66. The molecule has 5 rings (SSSR count). The van der Waals surface area contributed by atoms with E-state index in [2.05, 4.69) is 9.97 Å². The third-order valence-electron chi connectivity index (χ3n) is 5.66. The highest BCUT2D eigenvalue weighted by molar-refractivity contribution is 5.77. The van der Waals surface area contributed by atoms with Crippen LogP contribution in [-0.4, -0.2) is 27.7 Å². The summed E-state index contributed by atoms with van der Waals surface area (Å²) in [5.41, 5.74) is 3.34. The lowest BCUT2D eigenvalue weighted by Crippen LogP contribution is -2.15. The molecular formula is C24H23N3O3. The van der Waals surface area contributed by atoms with Crippen molar-refractivity contribution in [3.8, 4) is 28.4 Å². The number of ether oxygens (including phenoxy) is 2. The van der Waals surface area contributed by atoms with Gasteiger partial charge in [-0.3, -0.25) is 0 Å². The number of H-pyrrole nitrogens is 1. The first-order valence-electron chi connectivity index (χ1n) is 10.2. The molecule has 0 amide bonds. The summed E-state index contributed by atoms with van der Waals surface area (Å²) in [5, 5.41) is 0. The minimum Gasteiger partial charge on any atom is -0.493 e. The number of methoxy groups -OCH3 is 1. The van der Waals surface area contributed by atoms with Gasteiger partial charge in [-0.15, -0.1) is 0 Å². The summed E-state index contributed by atoms with van der Waals surface area (Å²) in [5.74, 6) is 2.08. The van der Waals surface area contributed by atoms with Gasteiger partial charge < -0.3 is 14.5 Å². The van der Waals surface area contributed by atoms with Crippen LogP contribution in [0.2, 0.25) is 0 Å². The predicted molar refractivity (Wildman–Crippen MR) is 117 cm³/mol. The maximum absolute atomic E-state index is 12.4. The van der Waals surface area contributed by atoms with Crippen molar-refractivity contribution < 1.29 is 9.47 Å². The number of aromatic nitrogens is 3. The summed E-state index contributed by atoms with van der Waals surface area (Å²) >= 11 is 0. The SMILES string of the molecule is COc1ccc(-c2ccc(-n3c(=O)[nH]c4ccccc43)nc2)cc1OC1CCCC1. The van der Waals surface area contributed by atoms with Crippen LogP contribution in [0.3, 0.4) is 0 Å². The van der Waals surface area contributed by atoms with Gasteiger partial charge in [0.05, 0.1) is 24.2 Å². The zero-order valence-electron chi connectivity index (χ0n) is 16.8. The highest BCUT2D eigenvalue weighted by Crippen LogP contribution is 2.35. The number of para-hydroxylation sites is 2. The van der Waals surface area contributed by atoms with E-state index < -0.39 is 0 Å². The van der Waals surface area contributed by atoms with E-state index >= 15 is 0 Å². The Morgan fingerprint density at radius 3 is 2.57 bits per heavy atom. The zero-order valence-corrected chi connectivity index (χ0v) is 16.8. The molecule has 0 radical (unpaired) electrons. The molecule has 0 unspecified atom stereocenters. The minimum absolute atomic E-state index is 0.201. The van der Waals surface area contributed by atoms with E-state index in [0.717, 1.165) is 46.5 Å². The van der Waals surface area contributed by atoms with E-state index in [1.165, 1.54) is 12.8 Å². The average molecular weight is 401 g/mol. The second-order valence-corrected chi connectivity index (χ2v) is 7.58. The van der Waals surface area contributed by atoms with Gasteiger partial charge in [-0.2, -0.15) is 0 Å². The quantitative estimate of drug-likeness (QED) is 0.526. The van der Waals surface area contributed by atoms with Crippen molar-refractivity contribution in [2.75, 3.05) is 7.11 Å². The Kier molecular flexibility index (Phi) is 4.75. The lowest BCUT2D eigenvalue weighted by atomic mass is 10.1. The van der Waals surface area contributed by atoms with E-state index in [-0.39, 0.29) is 11.8 Å². The van der Waals surface area contributed by atoms with Gasteiger partial charge in [-0.05, 0) is 67.6 Å². The topological polar surface area (TPSA) is 69.1 Å². The molecule has 1 aliphatic rings. The van der Waals surface area contributed by atoms with Crippen molar-refractivity contribution in [3.63, 3.8) is 0 Å². The number of hydrogen-bond donors (Lipinski definition) is 1. The Morgan fingerprint density at radius 1 is 1.00 bits per heavy atom. The number of pyridine rings is 1. The standard InChI is InChI=1S/C24H23N3O3/c1-29-21-12-10-16(14-22(21)30-18-6-2-3-7-18)17-11-13-23(25-15-17)27-20-9-5-4-8-19(20)26-24(27)28/h4-5,8-15,18H,2-3,6-7H2,1H3,(H,26,28). The van der Waals surface area contributed by atoms with Crippen LogP contribution in [0.1, 0.15) is 25.7 Å². The second kappa shape index (κ2) is 7.71. The third kappa shape index (κ3) is 3.34. The molecule has 0 aliphatic heterocycles. The maximum atomic E-state index is 12.4. The van der Waals surface area contributed by atoms with Crippen molar-refractivity contribution in [1.82, 2.24) is 14.5 Å². The first-order chi connectivity index (χ1) is 14.7. The van der Waals surface area contributed by atoms with Gasteiger partial charge in [0, 0.05) is 11.8 Å². The van der Waals surface area contributed by atoms with Crippen molar-refractivity contribution in [2.45, 2.75) is 31.8 Å². The lowest BCUT2D eigenvalue weighted by Gasteiger charge is -2.17. The molecule has 1 N–H and O–H groups in total. The van der Waals surface area contributed by atoms with Crippen molar-refractivity contribution in [1.29, 1.82) is 0 Å². The average Bonchev–Trinajstić information content (AvgIpc) is 3.40. The highest BCUT2D eigenvalue weighted by atomic mass is 16.5. The van der Waals surface area contributed by atoms with E-state index in [0.29, 0.717) is 5.82 Å². The van der Waals surface area contributed by atoms with Gasteiger partial charge >= 0.3 is 5.69 Å². The molecule has 1 fully saturated rings. The summed E-state index contributed by atoms with van der Waals surface area (Å²) in [4.78, 5) is 19.8. The Morgan fingerprint density at radius 2 is 1.80 bits per heavy atom. The summed E-state index contributed by atoms with van der Waals surface area (Å²) in [6.45, 7) is 0. The Hall–Kier alpha value is -3.54. The van der Waals surface area contributed by atoms with Crippen LogP contribution >= 0.6 is 0 Å². The number of aromatic amines is 1. The summed E-state index contributed by atoms with van der Waals surface area (Å²) in [7, 11) is 1.66. The van der Waals surface area contributed by atoms with Crippen molar-refractivity contribution in [3.05, 3.63) is 71.3 Å². The molecule has 2 heterocycles. The van der Waals surface area contributed by atoms with Gasteiger partial charge in [0.25, 0.3) is 0 Å². The lowest BCUT2D eigenvalue weighted by molar-refractivity contribution is 0.201. The number of nitrogens with zero attached hydrogens (tertiary/aromatic N) is 2. The first-order valence-corrected chi connectivity index (χ1v) is 10.2. The van der Waals surface area contributed by atoms with Gasteiger partial charge in [0.1, 0.15) is 5.82 Å². The molecule has 0 spiro atoms. The largest absolute Gasteiger partial charge is 0.493 e. The van der Waals surface area contributed by atoms with Gasteiger partial charge in [0.15, 0.2) is 11.5 Å². The van der Waals surface area contributed by atoms with Crippen LogP contribution in [0.15, 0.2) is 65.6 Å². The fourth-order valence-electron chi connectivity index (χ4n) is 4.11. The van der Waals surface area contributed by atoms with Crippen LogP contribution in [0.5, 0.6) is 11.5 Å². The van der Waals surface area contributed by atoms with E-state index in [1.54, 1.807) is 17.9 Å². The van der Waals surface area contributed by atoms with Gasteiger partial charge in [0.2, 0.25) is 0 Å². The molecule has 6 heteroatoms. The number of imidazole rings is 1. The summed E-state index contributed by atoms with van der Waals surface area (Å²) < 4.78 is 13.3. The first kappa shape index (κ1) is 18.5. The van der Waals surface area contributed by atoms with Crippen molar-refractivity contribution >= 4 is 11.0 Å². The smallest absolute Gasteiger partial charge is 0.332 e. The number of benzene rings is 2.